The molecule has 2 rings (SSSR count). The van der Waals surface area contributed by atoms with Gasteiger partial charge in [-0.15, -0.1) is 0 Å². The lowest BCUT2D eigenvalue weighted by molar-refractivity contribution is 0.357. The third-order valence-corrected chi connectivity index (χ3v) is 12.0. The number of hydrogen-bond acceptors (Lipinski definition) is 2. The molecule has 0 aliphatic carbocycles. The van der Waals surface area contributed by atoms with Gasteiger partial charge in [0.1, 0.15) is 17.1 Å². The van der Waals surface area contributed by atoms with Crippen molar-refractivity contribution in [3.63, 3.8) is 0 Å². The Hall–Kier alpha value is -0.320. The summed E-state index contributed by atoms with van der Waals surface area (Å²) in [4.78, 5) is 0. The summed E-state index contributed by atoms with van der Waals surface area (Å²) in [6, 6.07) is 6.26. The minimum absolute atomic E-state index is 0.178. The van der Waals surface area contributed by atoms with E-state index in [-0.39, 0.29) is 29.0 Å². The van der Waals surface area contributed by atoms with Gasteiger partial charge in [0.25, 0.3) is 0 Å². The van der Waals surface area contributed by atoms with Gasteiger partial charge in [0.2, 0.25) is 0 Å². The van der Waals surface area contributed by atoms with E-state index in [1.54, 1.807) is 7.11 Å². The van der Waals surface area contributed by atoms with Gasteiger partial charge in [-0.2, -0.15) is 0 Å². The molecule has 2 atom stereocenters. The average Bonchev–Trinajstić information content (AvgIpc) is 2.72. The smallest absolute Gasteiger partial charge is 0.141 e. The summed E-state index contributed by atoms with van der Waals surface area (Å²) in [5.74, 6) is 2.04. The Kier molecular flexibility index (Phi) is 5.37. The molecule has 0 aromatic heterocycles. The van der Waals surface area contributed by atoms with Crippen LogP contribution in [0.15, 0.2) is 18.2 Å². The fraction of sp³-hybridized carbons (Fsp3) is 0.700. The van der Waals surface area contributed by atoms with Crippen molar-refractivity contribution < 1.29 is 9.47 Å². The number of methoxy groups -OCH3 is 1. The summed E-state index contributed by atoms with van der Waals surface area (Å²) in [5, 5.41) is 1.98. The third-order valence-electron chi connectivity index (χ3n) is 4.27. The zero-order chi connectivity index (χ0) is 18.5. The Morgan fingerprint density at radius 2 is 1.50 bits per heavy atom. The maximum absolute atomic E-state index is 6.68. The van der Waals surface area contributed by atoms with Gasteiger partial charge in [-0.1, -0.05) is 68.4 Å². The van der Waals surface area contributed by atoms with Crippen molar-refractivity contribution in [2.24, 2.45) is 0 Å². The molecule has 0 saturated carbocycles. The fourth-order valence-electron chi connectivity index (χ4n) is 3.78. The van der Waals surface area contributed by atoms with E-state index in [0.29, 0.717) is 0 Å². The summed E-state index contributed by atoms with van der Waals surface area (Å²) < 4.78 is 12.4. The maximum Gasteiger partial charge on any atom is 0.141 e. The molecule has 1 aliphatic rings. The molecular formula is C20H34O2P2. The highest BCUT2D eigenvalue weighted by Crippen LogP contribution is 2.75. The zero-order valence-electron chi connectivity index (χ0n) is 17.0. The lowest BCUT2D eigenvalue weighted by Gasteiger charge is -2.48. The molecule has 1 aliphatic heterocycles. The van der Waals surface area contributed by atoms with Crippen LogP contribution in [0.1, 0.15) is 62.3 Å². The molecule has 0 fully saturated rings. The van der Waals surface area contributed by atoms with Crippen molar-refractivity contribution in [3.05, 3.63) is 18.2 Å². The first-order chi connectivity index (χ1) is 10.8. The second kappa shape index (κ2) is 6.44. The van der Waals surface area contributed by atoms with Crippen molar-refractivity contribution in [1.29, 1.82) is 0 Å². The van der Waals surface area contributed by atoms with Crippen LogP contribution in [0.3, 0.4) is 0 Å². The Labute approximate surface area is 151 Å². The number of fused-ring (bicyclic) bond motifs is 1. The first kappa shape index (κ1) is 20.0. The fourth-order valence-corrected chi connectivity index (χ4v) is 14.3. The highest BCUT2D eigenvalue weighted by Gasteiger charge is 2.52. The molecule has 136 valence electrons. The quantitative estimate of drug-likeness (QED) is 0.566. The Morgan fingerprint density at radius 3 is 1.92 bits per heavy atom. The molecule has 0 amide bonds. The van der Waals surface area contributed by atoms with Gasteiger partial charge >= 0.3 is 0 Å². The van der Waals surface area contributed by atoms with Crippen molar-refractivity contribution in [1.82, 2.24) is 0 Å². The SMILES string of the molecule is COc1cccc2c1P(C(C)(C)C)[C@H](P(C(C)(C)C)C(C)(C)C)O2. The lowest BCUT2D eigenvalue weighted by atomic mass is 10.2. The van der Waals surface area contributed by atoms with Crippen molar-refractivity contribution in [2.75, 3.05) is 7.11 Å². The summed E-state index contributed by atoms with van der Waals surface area (Å²) in [5.41, 5.74) is 0.279. The van der Waals surface area contributed by atoms with Gasteiger partial charge in [-0.05, 0) is 43.4 Å². The highest BCUT2D eigenvalue weighted by molar-refractivity contribution is 7.82. The normalized spacial score (nSPS) is 21.6. The van der Waals surface area contributed by atoms with Crippen LogP contribution >= 0.6 is 15.8 Å². The molecule has 0 radical (unpaired) electrons. The van der Waals surface area contributed by atoms with E-state index in [1.165, 1.54) is 5.30 Å². The first-order valence-corrected chi connectivity index (χ1v) is 11.5. The van der Waals surface area contributed by atoms with Crippen LogP contribution in [-0.4, -0.2) is 28.2 Å². The van der Waals surface area contributed by atoms with E-state index in [1.807, 2.05) is 6.07 Å². The summed E-state index contributed by atoms with van der Waals surface area (Å²) in [6.07, 6.45) is 0. The molecule has 4 heteroatoms. The largest absolute Gasteiger partial charge is 0.496 e. The third kappa shape index (κ3) is 3.76. The average molecular weight is 368 g/mol. The zero-order valence-corrected chi connectivity index (χ0v) is 18.8. The summed E-state index contributed by atoms with van der Waals surface area (Å²) >= 11 is 0. The molecule has 0 N–H and O–H groups in total. The van der Waals surface area contributed by atoms with Crippen LogP contribution in [0.5, 0.6) is 11.5 Å². The van der Waals surface area contributed by atoms with Crippen LogP contribution in [-0.2, 0) is 0 Å². The minimum Gasteiger partial charge on any atom is -0.496 e. The van der Waals surface area contributed by atoms with Crippen LogP contribution in [0.2, 0.25) is 0 Å². The van der Waals surface area contributed by atoms with E-state index in [0.717, 1.165) is 11.5 Å². The standard InChI is InChI=1S/C20H34O2P2/c1-18(2,3)23-16-14(21-10)12-11-13-15(16)22-17(23)24(19(4,5)6)20(7,8)9/h11-13,17H,1-10H3/t17-,23?/m1/s1. The Bertz CT molecular complexity index is 577. The molecule has 0 bridgehead atoms. The van der Waals surface area contributed by atoms with E-state index < -0.39 is 7.92 Å². The van der Waals surface area contributed by atoms with Crippen molar-refractivity contribution in [3.8, 4) is 11.5 Å². The van der Waals surface area contributed by atoms with Crippen molar-refractivity contribution >= 4 is 21.1 Å². The second-order valence-corrected chi connectivity index (χ2v) is 16.8. The molecule has 1 heterocycles. The van der Waals surface area contributed by atoms with Gasteiger partial charge < -0.3 is 9.47 Å². The first-order valence-electron chi connectivity index (χ1n) is 8.71. The van der Waals surface area contributed by atoms with E-state index >= 15 is 0 Å². The van der Waals surface area contributed by atoms with Crippen LogP contribution in [0, 0.1) is 0 Å². The molecule has 0 spiro atoms. The van der Waals surface area contributed by atoms with Gasteiger partial charge in [0, 0.05) is 0 Å². The lowest BCUT2D eigenvalue weighted by Crippen LogP contribution is -2.35. The monoisotopic (exact) mass is 368 g/mol. The van der Waals surface area contributed by atoms with E-state index in [2.05, 4.69) is 74.4 Å². The van der Waals surface area contributed by atoms with Crippen molar-refractivity contribution in [2.45, 2.75) is 83.4 Å². The molecule has 24 heavy (non-hydrogen) atoms. The molecule has 0 saturated heterocycles. The molecule has 1 unspecified atom stereocenters. The Balaban J connectivity index is 2.63. The molecular weight excluding hydrogens is 334 g/mol. The number of rotatable bonds is 2. The highest BCUT2D eigenvalue weighted by atomic mass is 31.2. The van der Waals surface area contributed by atoms with Gasteiger partial charge in [-0.3, -0.25) is 0 Å². The predicted octanol–water partition coefficient (Wildman–Crippen LogP) is 6.36. The van der Waals surface area contributed by atoms with Gasteiger partial charge in [0.15, 0.2) is 0 Å². The van der Waals surface area contributed by atoms with Gasteiger partial charge in [0.05, 0.1) is 12.4 Å². The van der Waals surface area contributed by atoms with E-state index in [4.69, 9.17) is 9.47 Å². The van der Waals surface area contributed by atoms with Crippen LogP contribution in [0.4, 0.5) is 0 Å². The minimum atomic E-state index is -0.478. The number of ether oxygens (including phenoxy) is 2. The number of hydrogen-bond donors (Lipinski definition) is 0. The molecule has 1 aromatic rings. The molecule has 1 aromatic carbocycles. The summed E-state index contributed by atoms with van der Waals surface area (Å²) in [6.45, 7) is 21.3. The topological polar surface area (TPSA) is 18.5 Å². The van der Waals surface area contributed by atoms with E-state index in [9.17, 15) is 0 Å². The summed E-state index contributed by atoms with van der Waals surface area (Å²) in [7, 11) is 0.935. The molecule has 2 nitrogen and oxygen atoms in total. The maximum atomic E-state index is 6.68. The Morgan fingerprint density at radius 1 is 0.958 bits per heavy atom. The predicted molar refractivity (Wildman–Crippen MR) is 110 cm³/mol. The number of benzene rings is 1. The van der Waals surface area contributed by atoms with Crippen LogP contribution in [0.25, 0.3) is 0 Å². The van der Waals surface area contributed by atoms with Gasteiger partial charge in [-0.25, -0.2) is 0 Å². The van der Waals surface area contributed by atoms with Crippen LogP contribution < -0.4 is 14.8 Å². The second-order valence-electron chi connectivity index (χ2n) is 9.50.